The van der Waals surface area contributed by atoms with E-state index in [4.69, 9.17) is 9.47 Å². The fraction of sp³-hybridized carbons (Fsp3) is 0.474. The second-order valence-corrected chi connectivity index (χ2v) is 6.54. The van der Waals surface area contributed by atoms with Gasteiger partial charge in [-0.25, -0.2) is 4.79 Å². The van der Waals surface area contributed by atoms with Crippen LogP contribution in [0.4, 0.5) is 5.69 Å². The monoisotopic (exact) mass is 359 g/mol. The molecule has 1 amide bonds. The molecule has 140 valence electrons. The number of benzene rings is 1. The number of hydrogen-bond donors (Lipinski definition) is 2. The van der Waals surface area contributed by atoms with E-state index in [1.807, 2.05) is 13.0 Å². The third kappa shape index (κ3) is 3.53. The van der Waals surface area contributed by atoms with Crippen molar-refractivity contribution in [3.63, 3.8) is 0 Å². The maximum absolute atomic E-state index is 12.8. The first kappa shape index (κ1) is 18.3. The molecule has 2 N–H and O–H groups in total. The lowest BCUT2D eigenvalue weighted by Gasteiger charge is -2.31. The number of amides is 1. The van der Waals surface area contributed by atoms with Crippen molar-refractivity contribution in [2.45, 2.75) is 32.2 Å². The molecule has 1 saturated heterocycles. The normalized spacial score (nSPS) is 16.3. The molecule has 1 unspecified atom stereocenters. The number of carbonyl (C=O) groups is 2. The summed E-state index contributed by atoms with van der Waals surface area (Å²) in [4.78, 5) is 30.2. The van der Waals surface area contributed by atoms with Gasteiger partial charge in [0.05, 0.1) is 31.5 Å². The number of nitrogens with one attached hydrogen (secondary N) is 2. The summed E-state index contributed by atoms with van der Waals surface area (Å²) in [6.07, 6.45) is 3.43. The van der Waals surface area contributed by atoms with Crippen molar-refractivity contribution in [2.75, 3.05) is 32.6 Å². The van der Waals surface area contributed by atoms with Gasteiger partial charge >= 0.3 is 5.97 Å². The third-order valence-corrected chi connectivity index (χ3v) is 4.96. The first-order valence-electron chi connectivity index (χ1n) is 8.88. The fourth-order valence-corrected chi connectivity index (χ4v) is 3.39. The van der Waals surface area contributed by atoms with Gasteiger partial charge in [0.1, 0.15) is 11.4 Å². The molecule has 1 fully saturated rings. The second kappa shape index (κ2) is 7.78. The Hall–Kier alpha value is -2.54. The molecule has 1 atom stereocenters. The maximum atomic E-state index is 12.8. The Morgan fingerprint density at radius 3 is 2.58 bits per heavy atom. The Balaban J connectivity index is 1.91. The van der Waals surface area contributed by atoms with Crippen molar-refractivity contribution in [3.05, 3.63) is 23.9 Å². The number of ether oxygens (including phenoxy) is 2. The molecular weight excluding hydrogens is 334 g/mol. The number of anilines is 1. The minimum atomic E-state index is -0.527. The van der Waals surface area contributed by atoms with E-state index in [-0.39, 0.29) is 17.6 Å². The number of fused-ring (bicyclic) bond motifs is 1. The highest BCUT2D eigenvalue weighted by Crippen LogP contribution is 2.31. The van der Waals surface area contributed by atoms with Crippen molar-refractivity contribution in [2.24, 2.45) is 0 Å². The predicted octanol–water partition coefficient (Wildman–Crippen LogP) is 2.78. The van der Waals surface area contributed by atoms with Crippen LogP contribution >= 0.6 is 0 Å². The number of aromatic nitrogens is 1. The number of esters is 1. The van der Waals surface area contributed by atoms with E-state index in [1.165, 1.54) is 13.5 Å². The van der Waals surface area contributed by atoms with Crippen LogP contribution in [0.15, 0.2) is 18.2 Å². The van der Waals surface area contributed by atoms with Gasteiger partial charge < -0.3 is 19.8 Å². The number of carbonyl (C=O) groups excluding carboxylic acids is 2. The van der Waals surface area contributed by atoms with E-state index in [9.17, 15) is 9.59 Å². The van der Waals surface area contributed by atoms with Gasteiger partial charge in [-0.3, -0.25) is 9.69 Å². The van der Waals surface area contributed by atoms with Crippen molar-refractivity contribution >= 4 is 28.5 Å². The molecule has 0 aliphatic carbocycles. The van der Waals surface area contributed by atoms with Gasteiger partial charge in [-0.1, -0.05) is 6.42 Å². The first-order chi connectivity index (χ1) is 12.5. The van der Waals surface area contributed by atoms with Crippen LogP contribution in [-0.4, -0.2) is 55.1 Å². The van der Waals surface area contributed by atoms with Gasteiger partial charge in [0.2, 0.25) is 5.91 Å². The lowest BCUT2D eigenvalue weighted by atomic mass is 10.1. The van der Waals surface area contributed by atoms with Crippen LogP contribution < -0.4 is 10.1 Å². The Kier molecular flexibility index (Phi) is 5.46. The molecule has 1 aliphatic heterocycles. The second-order valence-electron chi connectivity index (χ2n) is 6.54. The molecule has 2 aromatic rings. The molecule has 1 aromatic heterocycles. The zero-order valence-electron chi connectivity index (χ0n) is 15.4. The summed E-state index contributed by atoms with van der Waals surface area (Å²) < 4.78 is 10.1. The number of nitrogens with zero attached hydrogens (tertiary/aromatic N) is 1. The number of aromatic amines is 1. The van der Waals surface area contributed by atoms with E-state index in [0.717, 1.165) is 31.3 Å². The van der Waals surface area contributed by atoms with E-state index < -0.39 is 5.97 Å². The van der Waals surface area contributed by atoms with Crippen LogP contribution in [-0.2, 0) is 9.53 Å². The summed E-state index contributed by atoms with van der Waals surface area (Å²) in [5, 5.41) is 3.67. The van der Waals surface area contributed by atoms with Crippen LogP contribution in [0.5, 0.6) is 5.75 Å². The minimum Gasteiger partial charge on any atom is -0.497 e. The summed E-state index contributed by atoms with van der Waals surface area (Å²) in [7, 11) is 2.89. The molecule has 7 nitrogen and oxygen atoms in total. The van der Waals surface area contributed by atoms with Gasteiger partial charge in [0.15, 0.2) is 0 Å². The SMILES string of the molecule is COC(=O)c1[nH]c2cc(OC)ccc2c1NC(=O)C(C)N1CCCCC1. The summed E-state index contributed by atoms with van der Waals surface area (Å²) in [5.41, 5.74) is 1.38. The summed E-state index contributed by atoms with van der Waals surface area (Å²) in [6, 6.07) is 5.13. The largest absolute Gasteiger partial charge is 0.497 e. The van der Waals surface area contributed by atoms with Crippen LogP contribution in [0.25, 0.3) is 10.9 Å². The molecule has 7 heteroatoms. The molecule has 3 rings (SSSR count). The lowest BCUT2D eigenvalue weighted by molar-refractivity contribution is -0.121. The predicted molar refractivity (Wildman–Crippen MR) is 99.7 cm³/mol. The van der Waals surface area contributed by atoms with Crippen LogP contribution in [0.1, 0.15) is 36.7 Å². The highest BCUT2D eigenvalue weighted by Gasteiger charge is 2.26. The topological polar surface area (TPSA) is 83.7 Å². The number of methoxy groups -OCH3 is 2. The van der Waals surface area contributed by atoms with Crippen LogP contribution in [0, 0.1) is 0 Å². The van der Waals surface area contributed by atoms with Crippen molar-refractivity contribution < 1.29 is 19.1 Å². The van der Waals surface area contributed by atoms with Crippen molar-refractivity contribution in [1.82, 2.24) is 9.88 Å². The van der Waals surface area contributed by atoms with Gasteiger partial charge in [-0.05, 0) is 45.0 Å². The number of rotatable bonds is 5. The maximum Gasteiger partial charge on any atom is 0.356 e. The highest BCUT2D eigenvalue weighted by molar-refractivity contribution is 6.11. The molecule has 0 radical (unpaired) electrons. The van der Waals surface area contributed by atoms with E-state index in [0.29, 0.717) is 17.0 Å². The molecule has 0 bridgehead atoms. The van der Waals surface area contributed by atoms with E-state index in [1.54, 1.807) is 19.2 Å². The smallest absolute Gasteiger partial charge is 0.356 e. The lowest BCUT2D eigenvalue weighted by Crippen LogP contribution is -2.44. The van der Waals surface area contributed by atoms with Gasteiger partial charge in [-0.2, -0.15) is 0 Å². The van der Waals surface area contributed by atoms with E-state index >= 15 is 0 Å². The van der Waals surface area contributed by atoms with Crippen LogP contribution in [0.3, 0.4) is 0 Å². The summed E-state index contributed by atoms with van der Waals surface area (Å²) >= 11 is 0. The van der Waals surface area contributed by atoms with Gasteiger partial charge in [0, 0.05) is 11.5 Å². The van der Waals surface area contributed by atoms with E-state index in [2.05, 4.69) is 15.2 Å². The molecule has 0 spiro atoms. The molecular formula is C19H25N3O4. The third-order valence-electron chi connectivity index (χ3n) is 4.96. The fourth-order valence-electron chi connectivity index (χ4n) is 3.39. The Bertz CT molecular complexity index is 808. The molecule has 0 saturated carbocycles. The standard InChI is InChI=1S/C19H25N3O4/c1-12(22-9-5-4-6-10-22)18(23)21-16-14-8-7-13(25-2)11-15(14)20-17(16)19(24)26-3/h7-8,11-12,20H,4-6,9-10H2,1-3H3,(H,21,23). The average Bonchev–Trinajstić information content (AvgIpc) is 3.04. The number of hydrogen-bond acceptors (Lipinski definition) is 5. The summed E-state index contributed by atoms with van der Waals surface area (Å²) in [6.45, 7) is 3.74. The zero-order chi connectivity index (χ0) is 18.7. The van der Waals surface area contributed by atoms with Crippen molar-refractivity contribution in [3.8, 4) is 5.75 Å². The molecule has 26 heavy (non-hydrogen) atoms. The quantitative estimate of drug-likeness (QED) is 0.802. The Morgan fingerprint density at radius 2 is 1.92 bits per heavy atom. The van der Waals surface area contributed by atoms with Gasteiger partial charge in [-0.15, -0.1) is 0 Å². The zero-order valence-corrected chi connectivity index (χ0v) is 15.4. The molecule has 2 heterocycles. The number of likely N-dealkylation sites (tertiary alicyclic amines) is 1. The summed E-state index contributed by atoms with van der Waals surface area (Å²) in [5.74, 6) is 0.00425. The first-order valence-corrected chi connectivity index (χ1v) is 8.88. The molecule has 1 aromatic carbocycles. The average molecular weight is 359 g/mol. The number of piperidine rings is 1. The highest BCUT2D eigenvalue weighted by atomic mass is 16.5. The molecule has 1 aliphatic rings. The number of H-pyrrole nitrogens is 1. The van der Waals surface area contributed by atoms with Crippen molar-refractivity contribution in [1.29, 1.82) is 0 Å². The van der Waals surface area contributed by atoms with Crippen LogP contribution in [0.2, 0.25) is 0 Å². The Labute approximate surface area is 152 Å². The minimum absolute atomic E-state index is 0.131. The van der Waals surface area contributed by atoms with Gasteiger partial charge in [0.25, 0.3) is 0 Å². The Morgan fingerprint density at radius 1 is 1.19 bits per heavy atom.